The number of furan rings is 1. The molecule has 0 aliphatic heterocycles. The average Bonchev–Trinajstić information content (AvgIpc) is 3.27. The fourth-order valence-electron chi connectivity index (χ4n) is 2.54. The number of benzene rings is 1. The molecule has 3 aromatic rings. The Kier molecular flexibility index (Phi) is 6.17. The molecule has 0 radical (unpaired) electrons. The van der Waals surface area contributed by atoms with Gasteiger partial charge in [0.25, 0.3) is 5.91 Å². The summed E-state index contributed by atoms with van der Waals surface area (Å²) < 4.78 is 7.73. The molecule has 5 nitrogen and oxygen atoms in total. The minimum absolute atomic E-state index is 0.168. The molecular weight excluding hydrogens is 346 g/mol. The first-order chi connectivity index (χ1) is 12.6. The molecule has 0 bridgehead atoms. The van der Waals surface area contributed by atoms with Gasteiger partial charge in [0.1, 0.15) is 11.6 Å². The topological polar surface area (TPSA) is 60.1 Å². The van der Waals surface area contributed by atoms with Crippen LogP contribution in [-0.2, 0) is 12.3 Å². The Morgan fingerprint density at radius 2 is 2.00 bits per heavy atom. The van der Waals surface area contributed by atoms with Crippen molar-refractivity contribution in [2.75, 3.05) is 6.54 Å². The van der Waals surface area contributed by atoms with Gasteiger partial charge in [-0.05, 0) is 44.5 Å². The van der Waals surface area contributed by atoms with Crippen molar-refractivity contribution in [1.29, 1.82) is 0 Å². The summed E-state index contributed by atoms with van der Waals surface area (Å²) in [4.78, 5) is 17.5. The van der Waals surface area contributed by atoms with E-state index in [1.807, 2.05) is 19.2 Å². The normalized spacial score (nSPS) is 10.8. The first-order valence-electron chi connectivity index (χ1n) is 8.66. The van der Waals surface area contributed by atoms with E-state index < -0.39 is 0 Å². The van der Waals surface area contributed by atoms with Crippen LogP contribution in [0.1, 0.15) is 34.1 Å². The van der Waals surface area contributed by atoms with Crippen LogP contribution in [0.25, 0.3) is 0 Å². The number of carbonyl (C=O) groups excluding carboxylic acids is 1. The van der Waals surface area contributed by atoms with Gasteiger partial charge in [0.05, 0.1) is 5.75 Å². The monoisotopic (exact) mass is 369 g/mol. The van der Waals surface area contributed by atoms with E-state index in [0.717, 1.165) is 24.6 Å². The number of imidazole rings is 1. The van der Waals surface area contributed by atoms with Crippen molar-refractivity contribution in [2.24, 2.45) is 0 Å². The lowest BCUT2D eigenvalue weighted by Crippen LogP contribution is -2.24. The second-order valence-electron chi connectivity index (χ2n) is 6.14. The number of hydrogen-bond acceptors (Lipinski definition) is 4. The number of nitrogens with zero attached hydrogens (tertiary/aromatic N) is 2. The van der Waals surface area contributed by atoms with Crippen molar-refractivity contribution < 1.29 is 9.21 Å². The molecule has 0 unspecified atom stereocenters. The van der Waals surface area contributed by atoms with Gasteiger partial charge < -0.3 is 14.3 Å². The number of rotatable bonds is 8. The third kappa shape index (κ3) is 5.02. The molecule has 26 heavy (non-hydrogen) atoms. The average molecular weight is 369 g/mol. The highest BCUT2D eigenvalue weighted by Gasteiger charge is 2.11. The molecule has 1 amide bonds. The summed E-state index contributed by atoms with van der Waals surface area (Å²) in [6.45, 7) is 5.48. The van der Waals surface area contributed by atoms with Crippen molar-refractivity contribution in [3.63, 3.8) is 0 Å². The van der Waals surface area contributed by atoms with Crippen LogP contribution in [0, 0.1) is 13.8 Å². The third-order valence-corrected chi connectivity index (χ3v) is 5.11. The molecule has 2 heterocycles. The highest BCUT2D eigenvalue weighted by Crippen LogP contribution is 2.24. The largest absolute Gasteiger partial charge is 0.455 e. The maximum absolute atomic E-state index is 12.2. The number of aromatic nitrogens is 2. The number of amides is 1. The van der Waals surface area contributed by atoms with Crippen LogP contribution in [-0.4, -0.2) is 22.0 Å². The number of carbonyl (C=O) groups is 1. The lowest BCUT2D eigenvalue weighted by Gasteiger charge is -2.06. The molecule has 0 atom stereocenters. The molecule has 1 N–H and O–H groups in total. The molecule has 0 aliphatic rings. The van der Waals surface area contributed by atoms with Gasteiger partial charge in [-0.2, -0.15) is 0 Å². The maximum Gasteiger partial charge on any atom is 0.286 e. The highest BCUT2D eigenvalue weighted by molar-refractivity contribution is 7.98. The van der Waals surface area contributed by atoms with Crippen LogP contribution in [0.15, 0.2) is 58.1 Å². The molecule has 0 saturated carbocycles. The lowest BCUT2D eigenvalue weighted by molar-refractivity contribution is 0.0923. The van der Waals surface area contributed by atoms with Gasteiger partial charge in [-0.1, -0.05) is 17.7 Å². The molecule has 2 aromatic heterocycles. The number of thioether (sulfide) groups is 1. The zero-order chi connectivity index (χ0) is 18.4. The Morgan fingerprint density at radius 3 is 2.73 bits per heavy atom. The van der Waals surface area contributed by atoms with Crippen LogP contribution in [0.5, 0.6) is 0 Å². The second kappa shape index (κ2) is 8.76. The summed E-state index contributed by atoms with van der Waals surface area (Å²) >= 11 is 1.69. The molecule has 0 spiro atoms. The van der Waals surface area contributed by atoms with Gasteiger partial charge in [0, 0.05) is 30.4 Å². The third-order valence-electron chi connectivity index (χ3n) is 4.07. The predicted octanol–water partition coefficient (Wildman–Crippen LogP) is 4.21. The van der Waals surface area contributed by atoms with Gasteiger partial charge in [-0.15, -0.1) is 11.8 Å². The van der Waals surface area contributed by atoms with Gasteiger partial charge in [-0.3, -0.25) is 4.79 Å². The zero-order valence-corrected chi connectivity index (χ0v) is 15.9. The van der Waals surface area contributed by atoms with Crippen LogP contribution < -0.4 is 5.32 Å². The van der Waals surface area contributed by atoms with E-state index in [4.69, 9.17) is 4.42 Å². The van der Waals surface area contributed by atoms with Gasteiger partial charge in [-0.25, -0.2) is 4.98 Å². The molecular formula is C20H23N3O2S. The van der Waals surface area contributed by atoms with Gasteiger partial charge in [0.2, 0.25) is 0 Å². The smallest absolute Gasteiger partial charge is 0.286 e. The molecule has 0 aliphatic carbocycles. The molecule has 3 rings (SSSR count). The van der Waals surface area contributed by atoms with Crippen molar-refractivity contribution >= 4 is 17.7 Å². The standard InChI is InChI=1S/C20H23N3O2S/c1-15-4-7-18(8-5-15)26-14-17-6-9-19(25-17)20(24)22-10-3-12-23-13-11-21-16(23)2/h4-9,11,13H,3,10,12,14H2,1-2H3,(H,22,24). The highest BCUT2D eigenvalue weighted by atomic mass is 32.2. The lowest BCUT2D eigenvalue weighted by atomic mass is 10.2. The maximum atomic E-state index is 12.2. The van der Waals surface area contributed by atoms with E-state index in [1.54, 1.807) is 24.0 Å². The summed E-state index contributed by atoms with van der Waals surface area (Å²) in [5.74, 6) is 2.69. The summed E-state index contributed by atoms with van der Waals surface area (Å²) in [6, 6.07) is 12.0. The molecule has 0 fully saturated rings. The minimum atomic E-state index is -0.168. The van der Waals surface area contributed by atoms with Crippen LogP contribution >= 0.6 is 11.8 Å². The van der Waals surface area contributed by atoms with Crippen LogP contribution in [0.2, 0.25) is 0 Å². The Hall–Kier alpha value is -2.47. The van der Waals surface area contributed by atoms with Crippen molar-refractivity contribution in [1.82, 2.24) is 14.9 Å². The second-order valence-corrected chi connectivity index (χ2v) is 7.19. The van der Waals surface area contributed by atoms with Gasteiger partial charge >= 0.3 is 0 Å². The van der Waals surface area contributed by atoms with E-state index in [-0.39, 0.29) is 5.91 Å². The fourth-order valence-corrected chi connectivity index (χ4v) is 3.34. The predicted molar refractivity (Wildman–Crippen MR) is 103 cm³/mol. The minimum Gasteiger partial charge on any atom is -0.455 e. The first-order valence-corrected chi connectivity index (χ1v) is 9.64. The number of nitrogens with one attached hydrogen (secondary N) is 1. The Balaban J connectivity index is 1.42. The number of hydrogen-bond donors (Lipinski definition) is 1. The van der Waals surface area contributed by atoms with E-state index in [1.165, 1.54) is 10.5 Å². The van der Waals surface area contributed by atoms with Crippen LogP contribution in [0.4, 0.5) is 0 Å². The van der Waals surface area contributed by atoms with E-state index in [9.17, 15) is 4.79 Å². The number of aryl methyl sites for hydroxylation is 3. The molecule has 0 saturated heterocycles. The summed E-state index contributed by atoms with van der Waals surface area (Å²) in [7, 11) is 0. The first kappa shape index (κ1) is 18.3. The zero-order valence-electron chi connectivity index (χ0n) is 15.1. The Labute approximate surface area is 157 Å². The Morgan fingerprint density at radius 1 is 1.19 bits per heavy atom. The van der Waals surface area contributed by atoms with Crippen molar-refractivity contribution in [3.05, 3.63) is 71.7 Å². The fraction of sp³-hybridized carbons (Fsp3) is 0.300. The van der Waals surface area contributed by atoms with Crippen LogP contribution in [0.3, 0.4) is 0 Å². The van der Waals surface area contributed by atoms with Gasteiger partial charge in [0.15, 0.2) is 5.76 Å². The van der Waals surface area contributed by atoms with Crippen molar-refractivity contribution in [2.45, 2.75) is 37.5 Å². The molecule has 1 aromatic carbocycles. The van der Waals surface area contributed by atoms with E-state index in [0.29, 0.717) is 18.1 Å². The molecule has 136 valence electrons. The summed E-state index contributed by atoms with van der Waals surface area (Å²) in [5, 5.41) is 2.90. The van der Waals surface area contributed by atoms with E-state index >= 15 is 0 Å². The molecule has 6 heteroatoms. The summed E-state index contributed by atoms with van der Waals surface area (Å²) in [5.41, 5.74) is 1.24. The van der Waals surface area contributed by atoms with Crippen molar-refractivity contribution in [3.8, 4) is 0 Å². The quantitative estimate of drug-likeness (QED) is 0.477. The SMILES string of the molecule is Cc1ccc(SCc2ccc(C(=O)NCCCn3ccnc3C)o2)cc1. The summed E-state index contributed by atoms with van der Waals surface area (Å²) in [6.07, 6.45) is 4.58. The van der Waals surface area contributed by atoms with E-state index in [2.05, 4.69) is 46.1 Å². The Bertz CT molecular complexity index is 852.